The van der Waals surface area contributed by atoms with Crippen LogP contribution in [0.4, 0.5) is 10.1 Å². The minimum atomic E-state index is -0.475. The first-order chi connectivity index (χ1) is 13.0. The van der Waals surface area contributed by atoms with E-state index in [1.54, 1.807) is 49.0 Å². The van der Waals surface area contributed by atoms with E-state index in [0.29, 0.717) is 34.0 Å². The molecule has 27 heavy (non-hydrogen) atoms. The molecule has 0 aliphatic heterocycles. The standard InChI is InChI=1S/C21H17FN2O3/c1-4-26-21(25)20-19(18(23-2)13-24(20)3)14-5-9-16(10-6-14)27-17-11-7-15(22)8-12-17/h5-13H,4H2,1,3H3. The van der Waals surface area contributed by atoms with Crippen molar-refractivity contribution in [1.82, 2.24) is 4.57 Å². The number of aryl methyl sites for hydroxylation is 1. The maximum Gasteiger partial charge on any atom is 0.354 e. The van der Waals surface area contributed by atoms with Gasteiger partial charge < -0.3 is 14.0 Å². The second-order valence-corrected chi connectivity index (χ2v) is 5.76. The third kappa shape index (κ3) is 3.82. The average molecular weight is 364 g/mol. The summed E-state index contributed by atoms with van der Waals surface area (Å²) in [5, 5.41) is 0. The molecular formula is C21H17FN2O3. The summed E-state index contributed by atoms with van der Waals surface area (Å²) in [4.78, 5) is 15.8. The molecule has 0 aliphatic carbocycles. The number of hydrogen-bond donors (Lipinski definition) is 0. The molecule has 3 rings (SSSR count). The van der Waals surface area contributed by atoms with Gasteiger partial charge in [-0.3, -0.25) is 0 Å². The third-order valence-electron chi connectivity index (χ3n) is 3.94. The van der Waals surface area contributed by atoms with Crippen molar-refractivity contribution in [2.24, 2.45) is 7.05 Å². The van der Waals surface area contributed by atoms with Gasteiger partial charge in [-0.15, -0.1) is 0 Å². The van der Waals surface area contributed by atoms with Crippen LogP contribution in [-0.2, 0) is 11.8 Å². The Balaban J connectivity index is 1.94. The second kappa shape index (κ2) is 7.75. The number of aromatic nitrogens is 1. The van der Waals surface area contributed by atoms with Gasteiger partial charge in [0.25, 0.3) is 0 Å². The Labute approximate surface area is 156 Å². The van der Waals surface area contributed by atoms with E-state index in [2.05, 4.69) is 4.85 Å². The maximum absolute atomic E-state index is 13.0. The molecule has 0 saturated carbocycles. The van der Waals surface area contributed by atoms with Gasteiger partial charge in [-0.25, -0.2) is 14.0 Å². The summed E-state index contributed by atoms with van der Waals surface area (Å²) in [6.45, 7) is 9.38. The summed E-state index contributed by atoms with van der Waals surface area (Å²) in [6.07, 6.45) is 1.61. The number of nitrogens with zero attached hydrogens (tertiary/aromatic N) is 2. The molecule has 2 aromatic carbocycles. The monoisotopic (exact) mass is 364 g/mol. The molecule has 0 spiro atoms. The second-order valence-electron chi connectivity index (χ2n) is 5.76. The van der Waals surface area contributed by atoms with E-state index in [9.17, 15) is 9.18 Å². The van der Waals surface area contributed by atoms with Gasteiger partial charge in [0.1, 0.15) is 23.0 Å². The Morgan fingerprint density at radius 3 is 2.26 bits per heavy atom. The fourth-order valence-electron chi connectivity index (χ4n) is 2.75. The van der Waals surface area contributed by atoms with Gasteiger partial charge in [0.15, 0.2) is 0 Å². The van der Waals surface area contributed by atoms with Crippen LogP contribution in [0, 0.1) is 12.4 Å². The normalized spacial score (nSPS) is 10.3. The molecule has 6 heteroatoms. The highest BCUT2D eigenvalue weighted by Crippen LogP contribution is 2.37. The fourth-order valence-corrected chi connectivity index (χ4v) is 2.75. The van der Waals surface area contributed by atoms with E-state index in [-0.39, 0.29) is 12.4 Å². The van der Waals surface area contributed by atoms with E-state index >= 15 is 0 Å². The highest BCUT2D eigenvalue weighted by molar-refractivity contribution is 6.00. The highest BCUT2D eigenvalue weighted by Gasteiger charge is 2.22. The number of hydrogen-bond acceptors (Lipinski definition) is 3. The van der Waals surface area contributed by atoms with E-state index in [4.69, 9.17) is 16.0 Å². The first-order valence-electron chi connectivity index (χ1n) is 8.31. The highest BCUT2D eigenvalue weighted by atomic mass is 19.1. The first-order valence-corrected chi connectivity index (χ1v) is 8.31. The van der Waals surface area contributed by atoms with Crippen molar-refractivity contribution >= 4 is 11.7 Å². The van der Waals surface area contributed by atoms with Gasteiger partial charge in [0.05, 0.1) is 13.2 Å². The van der Waals surface area contributed by atoms with Crippen LogP contribution in [0.2, 0.25) is 0 Å². The molecule has 3 aromatic rings. The zero-order valence-corrected chi connectivity index (χ0v) is 14.9. The van der Waals surface area contributed by atoms with E-state index in [1.807, 2.05) is 0 Å². The summed E-state index contributed by atoms with van der Waals surface area (Å²) < 4.78 is 25.4. The van der Waals surface area contributed by atoms with Crippen LogP contribution in [0.1, 0.15) is 17.4 Å². The molecule has 0 aliphatic rings. The molecule has 0 fully saturated rings. The summed E-state index contributed by atoms with van der Waals surface area (Å²) >= 11 is 0. The third-order valence-corrected chi connectivity index (χ3v) is 3.94. The lowest BCUT2D eigenvalue weighted by atomic mass is 10.0. The zero-order valence-electron chi connectivity index (χ0n) is 14.9. The Morgan fingerprint density at radius 1 is 1.11 bits per heavy atom. The van der Waals surface area contributed by atoms with Gasteiger partial charge >= 0.3 is 5.97 Å². The Kier molecular flexibility index (Phi) is 5.23. The molecule has 0 N–H and O–H groups in total. The molecule has 0 radical (unpaired) electrons. The van der Waals surface area contributed by atoms with Crippen molar-refractivity contribution in [3.63, 3.8) is 0 Å². The molecular weight excluding hydrogens is 347 g/mol. The summed E-state index contributed by atoms with van der Waals surface area (Å²) in [5.41, 5.74) is 1.93. The molecule has 5 nitrogen and oxygen atoms in total. The van der Waals surface area contributed by atoms with Gasteiger partial charge in [-0.2, -0.15) is 0 Å². The molecule has 0 amide bonds. The molecule has 0 bridgehead atoms. The Morgan fingerprint density at radius 2 is 1.70 bits per heavy atom. The predicted molar refractivity (Wildman–Crippen MR) is 99.5 cm³/mol. The van der Waals surface area contributed by atoms with Crippen LogP contribution in [0.3, 0.4) is 0 Å². The number of halogens is 1. The largest absolute Gasteiger partial charge is 0.461 e. The number of carbonyl (C=O) groups is 1. The van der Waals surface area contributed by atoms with Crippen molar-refractivity contribution in [3.05, 3.63) is 77.7 Å². The van der Waals surface area contributed by atoms with Crippen molar-refractivity contribution < 1.29 is 18.7 Å². The lowest BCUT2D eigenvalue weighted by Gasteiger charge is -2.10. The van der Waals surface area contributed by atoms with Gasteiger partial charge in [0.2, 0.25) is 5.69 Å². The number of rotatable bonds is 5. The molecule has 136 valence electrons. The van der Waals surface area contributed by atoms with Gasteiger partial charge in [-0.05, 0) is 48.9 Å². The van der Waals surface area contributed by atoms with E-state index in [0.717, 1.165) is 0 Å². The minimum absolute atomic E-state index is 0.251. The number of esters is 1. The van der Waals surface area contributed by atoms with Crippen LogP contribution >= 0.6 is 0 Å². The molecule has 0 atom stereocenters. The SMILES string of the molecule is [C-]#[N+]c1cn(C)c(C(=O)OCC)c1-c1ccc(Oc2ccc(F)cc2)cc1. The Bertz CT molecular complexity index is 1000. The van der Waals surface area contributed by atoms with Crippen LogP contribution < -0.4 is 4.74 Å². The maximum atomic E-state index is 13.0. The van der Waals surface area contributed by atoms with Gasteiger partial charge in [0, 0.05) is 18.8 Å². The van der Waals surface area contributed by atoms with Crippen LogP contribution in [0.25, 0.3) is 16.0 Å². The molecule has 1 aromatic heterocycles. The fraction of sp³-hybridized carbons (Fsp3) is 0.143. The van der Waals surface area contributed by atoms with E-state index in [1.165, 1.54) is 24.3 Å². The minimum Gasteiger partial charge on any atom is -0.461 e. The quantitative estimate of drug-likeness (QED) is 0.453. The van der Waals surface area contributed by atoms with Crippen molar-refractivity contribution in [1.29, 1.82) is 0 Å². The summed E-state index contributed by atoms with van der Waals surface area (Å²) in [5.74, 6) is 0.262. The predicted octanol–water partition coefficient (Wildman–Crippen LogP) is 5.35. The average Bonchev–Trinajstić information content (AvgIpc) is 3.01. The molecule has 0 saturated heterocycles. The molecule has 0 unspecified atom stereocenters. The lowest BCUT2D eigenvalue weighted by Crippen LogP contribution is -2.10. The Hall–Kier alpha value is -3.59. The first kappa shape index (κ1) is 18.2. The summed E-state index contributed by atoms with van der Waals surface area (Å²) in [7, 11) is 1.70. The van der Waals surface area contributed by atoms with E-state index < -0.39 is 5.97 Å². The van der Waals surface area contributed by atoms with Crippen LogP contribution in [0.5, 0.6) is 11.5 Å². The smallest absolute Gasteiger partial charge is 0.354 e. The topological polar surface area (TPSA) is 44.8 Å². The van der Waals surface area contributed by atoms with Gasteiger partial charge in [-0.1, -0.05) is 12.1 Å². The zero-order chi connectivity index (χ0) is 19.4. The lowest BCUT2D eigenvalue weighted by molar-refractivity contribution is 0.0516. The number of ether oxygens (including phenoxy) is 2. The molecule has 1 heterocycles. The van der Waals surface area contributed by atoms with Crippen molar-refractivity contribution in [2.75, 3.05) is 6.61 Å². The number of carbonyl (C=O) groups excluding carboxylic acids is 1. The van der Waals surface area contributed by atoms with Crippen LogP contribution in [-0.4, -0.2) is 17.1 Å². The summed E-state index contributed by atoms with van der Waals surface area (Å²) in [6, 6.07) is 12.7. The van der Waals surface area contributed by atoms with Crippen molar-refractivity contribution in [2.45, 2.75) is 6.92 Å². The van der Waals surface area contributed by atoms with Crippen molar-refractivity contribution in [3.8, 4) is 22.6 Å². The van der Waals surface area contributed by atoms with Crippen LogP contribution in [0.15, 0.2) is 54.7 Å². The number of benzene rings is 2.